The van der Waals surface area contributed by atoms with Gasteiger partial charge in [-0.2, -0.15) is 0 Å². The summed E-state index contributed by atoms with van der Waals surface area (Å²) in [6.45, 7) is 3.61. The third kappa shape index (κ3) is 3.23. The molecule has 0 N–H and O–H groups in total. The number of aryl methyl sites for hydroxylation is 1. The molecular weight excluding hydrogens is 335 g/mol. The Labute approximate surface area is 142 Å². The zero-order valence-electron chi connectivity index (χ0n) is 13.1. The molecule has 0 aliphatic carbocycles. The summed E-state index contributed by atoms with van der Waals surface area (Å²) in [6.07, 6.45) is 1.63. The Morgan fingerprint density at radius 3 is 2.92 bits per heavy atom. The molecule has 0 fully saturated rings. The molecule has 3 aromatic rings. The van der Waals surface area contributed by atoms with E-state index in [1.165, 1.54) is 12.3 Å². The van der Waals surface area contributed by atoms with Crippen LogP contribution in [0.3, 0.4) is 0 Å². The van der Waals surface area contributed by atoms with Crippen molar-refractivity contribution in [1.82, 2.24) is 9.97 Å². The van der Waals surface area contributed by atoms with Crippen molar-refractivity contribution in [2.24, 2.45) is 0 Å². The van der Waals surface area contributed by atoms with Crippen molar-refractivity contribution < 1.29 is 18.3 Å². The van der Waals surface area contributed by atoms with Crippen LogP contribution in [0.25, 0.3) is 10.9 Å². The summed E-state index contributed by atoms with van der Waals surface area (Å²) in [7, 11) is 0. The van der Waals surface area contributed by atoms with E-state index in [4.69, 9.17) is 20.8 Å². The second-order valence-corrected chi connectivity index (χ2v) is 5.66. The van der Waals surface area contributed by atoms with E-state index >= 15 is 0 Å². The topological polar surface area (TPSA) is 65.2 Å². The highest BCUT2D eigenvalue weighted by Crippen LogP contribution is 2.23. The van der Waals surface area contributed by atoms with E-state index in [0.717, 1.165) is 0 Å². The van der Waals surface area contributed by atoms with Crippen LogP contribution in [0.1, 0.15) is 34.6 Å². The molecule has 1 aromatic carbocycles. The zero-order chi connectivity index (χ0) is 17.3. The van der Waals surface area contributed by atoms with Gasteiger partial charge in [-0.1, -0.05) is 11.6 Å². The van der Waals surface area contributed by atoms with Gasteiger partial charge in [-0.3, -0.25) is 4.98 Å². The van der Waals surface area contributed by atoms with Gasteiger partial charge in [-0.15, -0.1) is 0 Å². The maximum absolute atomic E-state index is 14.2. The molecule has 0 atom stereocenters. The van der Waals surface area contributed by atoms with Gasteiger partial charge in [0.25, 0.3) is 0 Å². The largest absolute Gasteiger partial charge is 0.460 e. The van der Waals surface area contributed by atoms with Gasteiger partial charge >= 0.3 is 5.97 Å². The van der Waals surface area contributed by atoms with Crippen LogP contribution in [0.4, 0.5) is 4.39 Å². The van der Waals surface area contributed by atoms with Crippen LogP contribution in [0.15, 0.2) is 28.8 Å². The molecule has 0 aliphatic rings. The number of benzene rings is 1. The summed E-state index contributed by atoms with van der Waals surface area (Å²) in [4.78, 5) is 19.9. The van der Waals surface area contributed by atoms with E-state index < -0.39 is 11.8 Å². The van der Waals surface area contributed by atoms with E-state index in [9.17, 15) is 9.18 Å². The molecule has 0 saturated heterocycles. The predicted octanol–water partition coefficient (Wildman–Crippen LogP) is 4.09. The lowest BCUT2D eigenvalue weighted by atomic mass is 10.1. The fraction of sp³-hybridized carbons (Fsp3) is 0.235. The first-order valence-corrected chi connectivity index (χ1v) is 7.73. The molecule has 0 radical (unpaired) electrons. The average molecular weight is 349 g/mol. The van der Waals surface area contributed by atoms with Gasteiger partial charge in [0.05, 0.1) is 17.3 Å². The molecule has 5 nitrogen and oxygen atoms in total. The van der Waals surface area contributed by atoms with Crippen LogP contribution in [0.2, 0.25) is 5.02 Å². The number of pyridine rings is 1. The van der Waals surface area contributed by atoms with Gasteiger partial charge in [0.15, 0.2) is 5.89 Å². The Kier molecular flexibility index (Phi) is 4.49. The number of ether oxygens (including phenoxy) is 1. The van der Waals surface area contributed by atoms with Gasteiger partial charge in [-0.25, -0.2) is 14.2 Å². The maximum atomic E-state index is 14.2. The molecule has 124 valence electrons. The highest BCUT2D eigenvalue weighted by Gasteiger charge is 2.19. The summed E-state index contributed by atoms with van der Waals surface area (Å²) >= 11 is 5.91. The Bertz CT molecular complexity index is 924. The van der Waals surface area contributed by atoms with Crippen molar-refractivity contribution in [2.45, 2.75) is 20.3 Å². The molecule has 3 rings (SSSR count). The summed E-state index contributed by atoms with van der Waals surface area (Å²) in [6, 6.07) is 4.77. The predicted molar refractivity (Wildman–Crippen MR) is 86.7 cm³/mol. The zero-order valence-corrected chi connectivity index (χ0v) is 13.9. The lowest BCUT2D eigenvalue weighted by Gasteiger charge is -2.03. The minimum atomic E-state index is -0.561. The number of rotatable bonds is 4. The number of carbonyl (C=O) groups excluding carboxylic acids is 1. The molecule has 24 heavy (non-hydrogen) atoms. The monoisotopic (exact) mass is 348 g/mol. The fourth-order valence-corrected chi connectivity index (χ4v) is 2.59. The molecule has 0 saturated carbocycles. The minimum absolute atomic E-state index is 0.0674. The van der Waals surface area contributed by atoms with Gasteiger partial charge in [0.1, 0.15) is 11.3 Å². The summed E-state index contributed by atoms with van der Waals surface area (Å²) in [5, 5.41) is 1.02. The molecule has 0 spiro atoms. The van der Waals surface area contributed by atoms with Crippen LogP contribution in [0.5, 0.6) is 0 Å². The van der Waals surface area contributed by atoms with Crippen LogP contribution < -0.4 is 0 Å². The molecular formula is C17H14ClFN2O3. The van der Waals surface area contributed by atoms with E-state index in [0.29, 0.717) is 27.6 Å². The number of esters is 1. The minimum Gasteiger partial charge on any atom is -0.460 e. The highest BCUT2D eigenvalue weighted by molar-refractivity contribution is 6.31. The van der Waals surface area contributed by atoms with Crippen LogP contribution in [-0.4, -0.2) is 22.5 Å². The van der Waals surface area contributed by atoms with Gasteiger partial charge < -0.3 is 9.15 Å². The standard InChI is InChI=1S/C17H14ClFN2O3/c1-3-23-17(22)16-9(2)21-14(24-16)6-10-4-11-7-12(18)8-20-15(11)13(19)5-10/h4-5,7-8H,3,6H2,1-2H3. The van der Waals surface area contributed by atoms with Crippen molar-refractivity contribution >= 4 is 28.5 Å². The quantitative estimate of drug-likeness (QED) is 0.664. The molecule has 0 aliphatic heterocycles. The number of halogens is 2. The van der Waals surface area contributed by atoms with Crippen LogP contribution in [0, 0.1) is 12.7 Å². The normalized spacial score (nSPS) is 11.0. The third-order valence-electron chi connectivity index (χ3n) is 3.42. The maximum Gasteiger partial charge on any atom is 0.376 e. The van der Waals surface area contributed by atoms with E-state index in [2.05, 4.69) is 9.97 Å². The lowest BCUT2D eigenvalue weighted by molar-refractivity contribution is 0.0487. The molecule has 2 aromatic heterocycles. The van der Waals surface area contributed by atoms with Crippen LogP contribution in [-0.2, 0) is 11.2 Å². The van der Waals surface area contributed by atoms with Gasteiger partial charge in [0, 0.05) is 18.0 Å². The third-order valence-corrected chi connectivity index (χ3v) is 3.63. The molecule has 0 bridgehead atoms. The van der Waals surface area contributed by atoms with Crippen molar-refractivity contribution in [3.8, 4) is 0 Å². The number of hydrogen-bond donors (Lipinski definition) is 0. The van der Waals surface area contributed by atoms with E-state index in [1.54, 1.807) is 26.0 Å². The number of oxazole rings is 1. The second-order valence-electron chi connectivity index (χ2n) is 5.22. The first-order valence-electron chi connectivity index (χ1n) is 7.35. The fourth-order valence-electron chi connectivity index (χ4n) is 2.43. The lowest BCUT2D eigenvalue weighted by Crippen LogP contribution is -2.04. The van der Waals surface area contributed by atoms with E-state index in [1.807, 2.05) is 0 Å². The average Bonchev–Trinajstić information content (AvgIpc) is 2.87. The van der Waals surface area contributed by atoms with E-state index in [-0.39, 0.29) is 24.3 Å². The van der Waals surface area contributed by atoms with Crippen molar-refractivity contribution in [1.29, 1.82) is 0 Å². The first kappa shape index (κ1) is 16.4. The Morgan fingerprint density at radius 2 is 2.17 bits per heavy atom. The van der Waals surface area contributed by atoms with Crippen molar-refractivity contribution in [3.63, 3.8) is 0 Å². The molecule has 0 amide bonds. The SMILES string of the molecule is CCOC(=O)c1oc(Cc2cc(F)c3ncc(Cl)cc3c2)nc1C. The molecule has 2 heterocycles. The van der Waals surface area contributed by atoms with Gasteiger partial charge in [0.2, 0.25) is 5.76 Å². The summed E-state index contributed by atoms with van der Waals surface area (Å²) in [5.74, 6) is -0.635. The molecule has 7 heteroatoms. The smallest absolute Gasteiger partial charge is 0.376 e. The second kappa shape index (κ2) is 6.57. The number of carbonyl (C=O) groups is 1. The van der Waals surface area contributed by atoms with Crippen molar-refractivity contribution in [2.75, 3.05) is 6.61 Å². The van der Waals surface area contributed by atoms with Crippen molar-refractivity contribution in [3.05, 3.63) is 58.1 Å². The Balaban J connectivity index is 1.92. The number of hydrogen-bond acceptors (Lipinski definition) is 5. The Morgan fingerprint density at radius 1 is 1.38 bits per heavy atom. The molecule has 0 unspecified atom stereocenters. The Hall–Kier alpha value is -2.47. The number of nitrogens with zero attached hydrogens (tertiary/aromatic N) is 2. The van der Waals surface area contributed by atoms with Gasteiger partial charge in [-0.05, 0) is 37.6 Å². The number of fused-ring (bicyclic) bond motifs is 1. The highest BCUT2D eigenvalue weighted by atomic mass is 35.5. The first-order chi connectivity index (χ1) is 11.5. The summed E-state index contributed by atoms with van der Waals surface area (Å²) < 4.78 is 24.5. The van der Waals surface area contributed by atoms with Crippen LogP contribution >= 0.6 is 11.6 Å². The number of aromatic nitrogens is 2. The summed E-state index contributed by atoms with van der Waals surface area (Å²) in [5.41, 5.74) is 1.33.